The number of hydrogen-bond acceptors (Lipinski definition) is 2. The van der Waals surface area contributed by atoms with Crippen LogP contribution < -0.4 is 10.1 Å². The second-order valence-electron chi connectivity index (χ2n) is 5.53. The Morgan fingerprint density at radius 2 is 1.52 bits per heavy atom. The van der Waals surface area contributed by atoms with Crippen LogP contribution in [0.5, 0.6) is 5.75 Å². The van der Waals surface area contributed by atoms with Crippen molar-refractivity contribution >= 4 is 0 Å². The van der Waals surface area contributed by atoms with Gasteiger partial charge in [0.1, 0.15) is 5.75 Å². The van der Waals surface area contributed by atoms with Gasteiger partial charge in [-0.3, -0.25) is 0 Å². The van der Waals surface area contributed by atoms with E-state index in [0.29, 0.717) is 6.54 Å². The molecule has 0 unspecified atom stereocenters. The molecule has 2 aromatic rings. The number of benzene rings is 2. The molecule has 0 radical (unpaired) electrons. The number of hydrogen-bond donors (Lipinski definition) is 1. The molecule has 2 aromatic carbocycles. The predicted molar refractivity (Wildman–Crippen MR) is 84.4 cm³/mol. The highest BCUT2D eigenvalue weighted by Crippen LogP contribution is 2.29. The number of alkyl halides is 3. The SMILES string of the molecule is COc1ccc(C[C@@H](C)NCc2ccc(C(F)(F)F)cc2)cc1. The number of ether oxygens (including phenoxy) is 1. The third-order valence-electron chi connectivity index (χ3n) is 3.64. The molecule has 0 spiro atoms. The lowest BCUT2D eigenvalue weighted by atomic mass is 10.1. The van der Waals surface area contributed by atoms with Crippen molar-refractivity contribution < 1.29 is 17.9 Å². The summed E-state index contributed by atoms with van der Waals surface area (Å²) in [5.74, 6) is 0.819. The number of rotatable bonds is 6. The van der Waals surface area contributed by atoms with Crippen molar-refractivity contribution in [1.29, 1.82) is 0 Å². The van der Waals surface area contributed by atoms with Crippen LogP contribution in [0.2, 0.25) is 0 Å². The Bertz CT molecular complexity index is 606. The maximum Gasteiger partial charge on any atom is 0.416 e. The lowest BCUT2D eigenvalue weighted by molar-refractivity contribution is -0.137. The van der Waals surface area contributed by atoms with E-state index in [4.69, 9.17) is 4.74 Å². The smallest absolute Gasteiger partial charge is 0.416 e. The molecule has 0 saturated heterocycles. The molecule has 0 aliphatic carbocycles. The highest BCUT2D eigenvalue weighted by atomic mass is 19.4. The summed E-state index contributed by atoms with van der Waals surface area (Å²) in [6.07, 6.45) is -3.45. The highest BCUT2D eigenvalue weighted by molar-refractivity contribution is 5.28. The summed E-state index contributed by atoms with van der Waals surface area (Å²) in [6, 6.07) is 13.3. The van der Waals surface area contributed by atoms with Gasteiger partial charge in [0, 0.05) is 12.6 Å². The molecule has 0 fully saturated rings. The molecule has 5 heteroatoms. The first kappa shape index (κ1) is 17.3. The van der Waals surface area contributed by atoms with E-state index in [-0.39, 0.29) is 6.04 Å². The van der Waals surface area contributed by atoms with Gasteiger partial charge in [-0.15, -0.1) is 0 Å². The topological polar surface area (TPSA) is 21.3 Å². The minimum absolute atomic E-state index is 0.214. The van der Waals surface area contributed by atoms with Crippen LogP contribution in [-0.2, 0) is 19.1 Å². The fraction of sp³-hybridized carbons (Fsp3) is 0.333. The molecule has 0 saturated carbocycles. The van der Waals surface area contributed by atoms with Gasteiger partial charge in [0.15, 0.2) is 0 Å². The van der Waals surface area contributed by atoms with Crippen molar-refractivity contribution in [3.63, 3.8) is 0 Å². The zero-order valence-electron chi connectivity index (χ0n) is 13.2. The monoisotopic (exact) mass is 323 g/mol. The van der Waals surface area contributed by atoms with Gasteiger partial charge in [-0.25, -0.2) is 0 Å². The standard InChI is InChI=1S/C18H20F3NO/c1-13(11-14-5-9-17(23-2)10-6-14)22-12-15-3-7-16(8-4-15)18(19,20)21/h3-10,13,22H,11-12H2,1-2H3/t13-/m1/s1. The Labute approximate surface area is 134 Å². The number of methoxy groups -OCH3 is 1. The Balaban J connectivity index is 1.84. The second-order valence-corrected chi connectivity index (χ2v) is 5.53. The molecule has 0 aliphatic heterocycles. The van der Waals surface area contributed by atoms with E-state index >= 15 is 0 Å². The number of halogens is 3. The fourth-order valence-electron chi connectivity index (χ4n) is 2.29. The van der Waals surface area contributed by atoms with Gasteiger partial charge in [0.05, 0.1) is 12.7 Å². The first-order valence-corrected chi connectivity index (χ1v) is 7.41. The summed E-state index contributed by atoms with van der Waals surface area (Å²) in [5, 5.41) is 3.32. The minimum atomic E-state index is -4.28. The normalized spacial score (nSPS) is 12.9. The second kappa shape index (κ2) is 7.51. The van der Waals surface area contributed by atoms with Crippen LogP contribution in [0.4, 0.5) is 13.2 Å². The van der Waals surface area contributed by atoms with E-state index in [2.05, 4.69) is 5.32 Å². The summed E-state index contributed by atoms with van der Waals surface area (Å²) >= 11 is 0. The van der Waals surface area contributed by atoms with E-state index in [1.807, 2.05) is 31.2 Å². The van der Waals surface area contributed by atoms with E-state index < -0.39 is 11.7 Å². The molecule has 0 aliphatic rings. The Morgan fingerprint density at radius 1 is 0.957 bits per heavy atom. The van der Waals surface area contributed by atoms with Crippen molar-refractivity contribution in [2.45, 2.75) is 32.1 Å². The quantitative estimate of drug-likeness (QED) is 0.849. The van der Waals surface area contributed by atoms with Crippen LogP contribution in [0, 0.1) is 0 Å². The van der Waals surface area contributed by atoms with Crippen molar-refractivity contribution in [3.8, 4) is 5.75 Å². The number of nitrogens with one attached hydrogen (secondary N) is 1. The van der Waals surface area contributed by atoms with Crippen LogP contribution in [0.1, 0.15) is 23.6 Å². The molecule has 1 N–H and O–H groups in total. The Hall–Kier alpha value is -2.01. The van der Waals surface area contributed by atoms with Crippen LogP contribution in [0.15, 0.2) is 48.5 Å². The molecule has 23 heavy (non-hydrogen) atoms. The van der Waals surface area contributed by atoms with Crippen molar-refractivity contribution in [3.05, 3.63) is 65.2 Å². The Morgan fingerprint density at radius 3 is 2.04 bits per heavy atom. The molecule has 2 rings (SSSR count). The van der Waals surface area contributed by atoms with Gasteiger partial charge in [0.25, 0.3) is 0 Å². The van der Waals surface area contributed by atoms with E-state index in [1.54, 1.807) is 7.11 Å². The first-order valence-electron chi connectivity index (χ1n) is 7.41. The zero-order valence-corrected chi connectivity index (χ0v) is 13.2. The molecule has 0 amide bonds. The van der Waals surface area contributed by atoms with Gasteiger partial charge in [-0.2, -0.15) is 13.2 Å². The largest absolute Gasteiger partial charge is 0.497 e. The third kappa shape index (κ3) is 5.28. The van der Waals surface area contributed by atoms with Crippen molar-refractivity contribution in [2.24, 2.45) is 0 Å². The van der Waals surface area contributed by atoms with Crippen molar-refractivity contribution in [1.82, 2.24) is 5.32 Å². The van der Waals surface area contributed by atoms with Gasteiger partial charge in [-0.1, -0.05) is 24.3 Å². The van der Waals surface area contributed by atoms with Gasteiger partial charge < -0.3 is 10.1 Å². The molecule has 0 bridgehead atoms. The third-order valence-corrected chi connectivity index (χ3v) is 3.64. The summed E-state index contributed by atoms with van der Waals surface area (Å²) in [4.78, 5) is 0. The fourth-order valence-corrected chi connectivity index (χ4v) is 2.29. The average Bonchev–Trinajstić information content (AvgIpc) is 2.53. The van der Waals surface area contributed by atoms with Gasteiger partial charge >= 0.3 is 6.18 Å². The van der Waals surface area contributed by atoms with Crippen LogP contribution in [0.3, 0.4) is 0 Å². The summed E-state index contributed by atoms with van der Waals surface area (Å²) in [7, 11) is 1.63. The summed E-state index contributed by atoms with van der Waals surface area (Å²) < 4.78 is 42.6. The van der Waals surface area contributed by atoms with E-state index in [9.17, 15) is 13.2 Å². The van der Waals surface area contributed by atoms with Crippen LogP contribution in [-0.4, -0.2) is 13.2 Å². The lowest BCUT2D eigenvalue weighted by Crippen LogP contribution is -2.27. The lowest BCUT2D eigenvalue weighted by Gasteiger charge is -2.15. The van der Waals surface area contributed by atoms with Crippen LogP contribution in [0.25, 0.3) is 0 Å². The molecule has 2 nitrogen and oxygen atoms in total. The zero-order chi connectivity index (χ0) is 16.9. The van der Waals surface area contributed by atoms with Gasteiger partial charge in [0.2, 0.25) is 0 Å². The minimum Gasteiger partial charge on any atom is -0.497 e. The van der Waals surface area contributed by atoms with Gasteiger partial charge in [-0.05, 0) is 48.7 Å². The van der Waals surface area contributed by atoms with E-state index in [1.165, 1.54) is 17.7 Å². The molecular weight excluding hydrogens is 303 g/mol. The summed E-state index contributed by atoms with van der Waals surface area (Å²) in [6.45, 7) is 2.59. The molecular formula is C18H20F3NO. The molecule has 0 heterocycles. The maximum absolute atomic E-state index is 12.5. The Kier molecular flexibility index (Phi) is 5.66. The maximum atomic E-state index is 12.5. The highest BCUT2D eigenvalue weighted by Gasteiger charge is 2.29. The average molecular weight is 323 g/mol. The molecule has 124 valence electrons. The molecule has 0 aromatic heterocycles. The first-order chi connectivity index (χ1) is 10.9. The van der Waals surface area contributed by atoms with Crippen molar-refractivity contribution in [2.75, 3.05) is 7.11 Å². The molecule has 1 atom stereocenters. The predicted octanol–water partition coefficient (Wildman–Crippen LogP) is 4.43. The summed E-state index contributed by atoms with van der Waals surface area (Å²) in [5.41, 5.74) is 1.39. The van der Waals surface area contributed by atoms with Crippen LogP contribution >= 0.6 is 0 Å². The van der Waals surface area contributed by atoms with E-state index in [0.717, 1.165) is 29.9 Å².